The highest BCUT2D eigenvalue weighted by Gasteiger charge is 2.52. The van der Waals surface area contributed by atoms with Crippen molar-refractivity contribution in [1.29, 1.82) is 0 Å². The topological polar surface area (TPSA) is 49.9 Å². The normalized spacial score (nSPS) is 49.1. The molecule has 9 unspecified atom stereocenters. The molecule has 4 bridgehead atoms. The maximum absolute atomic E-state index is 13.3. The number of imide groups is 1. The highest BCUT2D eigenvalue weighted by molar-refractivity contribution is 6.18. The van der Waals surface area contributed by atoms with Crippen molar-refractivity contribution < 1.29 is 14.3 Å². The lowest BCUT2D eigenvalue weighted by Gasteiger charge is -2.33. The molecule has 0 spiro atoms. The van der Waals surface area contributed by atoms with Gasteiger partial charge in [0.2, 0.25) is 0 Å². The Bertz CT molecular complexity index is 884. The molecule has 0 aromatic heterocycles. The molecule has 5 aliphatic carbocycles. The molecule has 7 aliphatic rings. The number of allylic oxidation sites excluding steroid dienone is 3. The Balaban J connectivity index is 1.08. The van der Waals surface area contributed by atoms with Gasteiger partial charge in [0.15, 0.2) is 0 Å². The van der Waals surface area contributed by atoms with Crippen molar-refractivity contribution in [3.05, 3.63) is 35.5 Å². The summed E-state index contributed by atoms with van der Waals surface area (Å²) in [5, 5.41) is 0. The number of rotatable bonds is 4. The summed E-state index contributed by atoms with van der Waals surface area (Å²) in [7, 11) is 0. The van der Waals surface area contributed by atoms with Crippen molar-refractivity contribution >= 4 is 11.8 Å². The fourth-order valence-corrected chi connectivity index (χ4v) is 7.84. The second-order valence-corrected chi connectivity index (χ2v) is 10.8. The SMILES string of the molecule is O=C1C=C(C2=CC3CC2C(C2CCC4OC4C2)C3)C(=O)N1CC1CC2C=CC1C2. The summed E-state index contributed by atoms with van der Waals surface area (Å²) in [4.78, 5) is 27.6. The highest BCUT2D eigenvalue weighted by Crippen LogP contribution is 2.57. The van der Waals surface area contributed by atoms with E-state index in [1.165, 1.54) is 44.1 Å². The molecule has 4 nitrogen and oxygen atoms in total. The number of carbonyl (C=O) groups excluding carboxylic acids is 2. The molecule has 29 heavy (non-hydrogen) atoms. The maximum Gasteiger partial charge on any atom is 0.261 e. The number of ether oxygens (including phenoxy) is 1. The zero-order valence-corrected chi connectivity index (χ0v) is 16.8. The first-order valence-corrected chi connectivity index (χ1v) is 11.8. The van der Waals surface area contributed by atoms with E-state index in [0.717, 1.165) is 17.9 Å². The largest absolute Gasteiger partial charge is 0.370 e. The fraction of sp³-hybridized carbons (Fsp3) is 0.680. The zero-order valence-electron chi connectivity index (χ0n) is 16.8. The third-order valence-electron chi connectivity index (χ3n) is 9.27. The fourth-order valence-electron chi connectivity index (χ4n) is 7.84. The van der Waals surface area contributed by atoms with E-state index in [2.05, 4.69) is 18.2 Å². The molecular weight excluding hydrogens is 362 g/mol. The lowest BCUT2D eigenvalue weighted by atomic mass is 9.71. The predicted molar refractivity (Wildman–Crippen MR) is 107 cm³/mol. The molecule has 2 heterocycles. The van der Waals surface area contributed by atoms with Gasteiger partial charge in [0.05, 0.1) is 12.2 Å². The number of nitrogens with zero attached hydrogens (tertiary/aromatic N) is 1. The average molecular weight is 392 g/mol. The van der Waals surface area contributed by atoms with Gasteiger partial charge in [0.1, 0.15) is 0 Å². The van der Waals surface area contributed by atoms with Crippen LogP contribution in [0.2, 0.25) is 0 Å². The minimum atomic E-state index is -0.0798. The lowest BCUT2D eigenvalue weighted by Crippen LogP contribution is -2.37. The van der Waals surface area contributed by atoms with Crippen LogP contribution in [-0.2, 0) is 14.3 Å². The third kappa shape index (κ3) is 2.54. The molecule has 4 heteroatoms. The Morgan fingerprint density at radius 3 is 2.66 bits per heavy atom. The number of epoxide rings is 1. The van der Waals surface area contributed by atoms with Gasteiger partial charge in [-0.25, -0.2) is 0 Å². The molecule has 2 aliphatic heterocycles. The van der Waals surface area contributed by atoms with E-state index in [1.54, 1.807) is 11.0 Å². The first-order chi connectivity index (χ1) is 14.1. The summed E-state index contributed by atoms with van der Waals surface area (Å²) in [5.41, 5.74) is 1.93. The minimum absolute atomic E-state index is 0.0199. The van der Waals surface area contributed by atoms with Gasteiger partial charge in [0, 0.05) is 18.2 Å². The molecule has 1 saturated heterocycles. The molecule has 3 saturated carbocycles. The van der Waals surface area contributed by atoms with E-state index in [1.807, 2.05) is 0 Å². The Hall–Kier alpha value is -1.68. The summed E-state index contributed by atoms with van der Waals surface area (Å²) >= 11 is 0. The summed E-state index contributed by atoms with van der Waals surface area (Å²) < 4.78 is 5.77. The summed E-state index contributed by atoms with van der Waals surface area (Å²) in [6, 6.07) is 0. The van der Waals surface area contributed by atoms with E-state index in [4.69, 9.17) is 4.74 Å². The standard InChI is InChI=1S/C25H29NO3/c27-24-11-21(25(28)26(24)12-17-6-13-1-2-15(17)5-13)20-9-14-7-18(19(20)8-14)16-3-4-22-23(10-16)29-22/h1-2,9,11,13-19,22-23H,3-8,10,12H2. The number of carbonyl (C=O) groups is 2. The maximum atomic E-state index is 13.3. The van der Waals surface area contributed by atoms with E-state index in [9.17, 15) is 9.59 Å². The number of hydrogen-bond donors (Lipinski definition) is 0. The van der Waals surface area contributed by atoms with E-state index < -0.39 is 0 Å². The van der Waals surface area contributed by atoms with Crippen molar-refractivity contribution in [2.24, 2.45) is 41.4 Å². The Kier molecular flexibility index (Phi) is 3.49. The molecule has 9 atom stereocenters. The quantitative estimate of drug-likeness (QED) is 0.418. The molecule has 0 aromatic rings. The molecule has 4 fully saturated rings. The average Bonchev–Trinajstić information content (AvgIpc) is 3.21. The summed E-state index contributed by atoms with van der Waals surface area (Å²) in [6.07, 6.45) is 18.2. The second kappa shape index (κ2) is 5.94. The van der Waals surface area contributed by atoms with Crippen LogP contribution in [0.5, 0.6) is 0 Å². The van der Waals surface area contributed by atoms with Crippen LogP contribution in [0.1, 0.15) is 44.9 Å². The van der Waals surface area contributed by atoms with Gasteiger partial charge in [-0.3, -0.25) is 14.5 Å². The Morgan fingerprint density at radius 1 is 0.966 bits per heavy atom. The van der Waals surface area contributed by atoms with Gasteiger partial charge in [-0.1, -0.05) is 18.2 Å². The third-order valence-corrected chi connectivity index (χ3v) is 9.27. The van der Waals surface area contributed by atoms with E-state index in [0.29, 0.717) is 54.3 Å². The van der Waals surface area contributed by atoms with Crippen LogP contribution in [-0.4, -0.2) is 35.5 Å². The number of amides is 2. The summed E-state index contributed by atoms with van der Waals surface area (Å²) in [6.45, 7) is 0.608. The van der Waals surface area contributed by atoms with Crippen molar-refractivity contribution in [2.45, 2.75) is 57.2 Å². The molecule has 0 N–H and O–H groups in total. The monoisotopic (exact) mass is 391 g/mol. The van der Waals surface area contributed by atoms with Crippen LogP contribution in [0.4, 0.5) is 0 Å². The highest BCUT2D eigenvalue weighted by atomic mass is 16.6. The van der Waals surface area contributed by atoms with Gasteiger partial charge in [-0.15, -0.1) is 0 Å². The molecule has 0 aromatic carbocycles. The van der Waals surface area contributed by atoms with Crippen molar-refractivity contribution in [3.63, 3.8) is 0 Å². The number of fused-ring (bicyclic) bond motifs is 5. The minimum Gasteiger partial charge on any atom is -0.370 e. The van der Waals surface area contributed by atoms with Crippen LogP contribution < -0.4 is 0 Å². The lowest BCUT2D eigenvalue weighted by molar-refractivity contribution is -0.138. The van der Waals surface area contributed by atoms with Gasteiger partial charge < -0.3 is 4.74 Å². The van der Waals surface area contributed by atoms with Gasteiger partial charge in [-0.2, -0.15) is 0 Å². The second-order valence-electron chi connectivity index (χ2n) is 10.8. The van der Waals surface area contributed by atoms with Crippen molar-refractivity contribution in [2.75, 3.05) is 6.54 Å². The smallest absolute Gasteiger partial charge is 0.261 e. The Morgan fingerprint density at radius 2 is 1.90 bits per heavy atom. The predicted octanol–water partition coefficient (Wildman–Crippen LogP) is 3.64. The van der Waals surface area contributed by atoms with Crippen LogP contribution in [0.3, 0.4) is 0 Å². The molecule has 2 amide bonds. The van der Waals surface area contributed by atoms with E-state index >= 15 is 0 Å². The van der Waals surface area contributed by atoms with Gasteiger partial charge in [0.25, 0.3) is 11.8 Å². The molecular formula is C25H29NO3. The summed E-state index contributed by atoms with van der Waals surface area (Å²) in [5.74, 6) is 4.10. The molecule has 152 valence electrons. The van der Waals surface area contributed by atoms with Crippen LogP contribution >= 0.6 is 0 Å². The molecule has 7 rings (SSSR count). The van der Waals surface area contributed by atoms with Crippen LogP contribution in [0, 0.1) is 41.4 Å². The molecule has 0 radical (unpaired) electrons. The van der Waals surface area contributed by atoms with Crippen LogP contribution in [0.25, 0.3) is 0 Å². The van der Waals surface area contributed by atoms with Crippen molar-refractivity contribution in [1.82, 2.24) is 4.90 Å². The number of hydrogen-bond acceptors (Lipinski definition) is 3. The zero-order chi connectivity index (χ0) is 19.3. The first-order valence-electron chi connectivity index (χ1n) is 11.8. The van der Waals surface area contributed by atoms with Gasteiger partial charge in [-0.05, 0) is 91.9 Å². The van der Waals surface area contributed by atoms with E-state index in [-0.39, 0.29) is 11.8 Å². The van der Waals surface area contributed by atoms with Crippen LogP contribution in [0.15, 0.2) is 35.5 Å². The first kappa shape index (κ1) is 17.0. The van der Waals surface area contributed by atoms with Gasteiger partial charge >= 0.3 is 0 Å². The van der Waals surface area contributed by atoms with Crippen molar-refractivity contribution in [3.8, 4) is 0 Å². The Labute approximate surface area is 172 Å².